The number of hydrogen-bond donors (Lipinski definition) is 0. The van der Waals surface area contributed by atoms with Crippen molar-refractivity contribution in [3.8, 4) is 0 Å². The highest BCUT2D eigenvalue weighted by molar-refractivity contribution is 6.67. The van der Waals surface area contributed by atoms with Crippen LogP contribution in [0.5, 0.6) is 0 Å². The molecule has 0 saturated carbocycles. The molecule has 0 aliphatic heterocycles. The molecule has 0 amide bonds. The maximum absolute atomic E-state index is 10.8. The van der Waals surface area contributed by atoms with Gasteiger partial charge in [0.25, 0.3) is 5.24 Å². The third-order valence-corrected chi connectivity index (χ3v) is 1.99. The van der Waals surface area contributed by atoms with E-state index < -0.39 is 5.24 Å². The maximum atomic E-state index is 10.8. The Hall–Kier alpha value is -0.600. The van der Waals surface area contributed by atoms with Crippen LogP contribution in [0.2, 0.25) is 5.15 Å². The third kappa shape index (κ3) is 2.98. The van der Waals surface area contributed by atoms with Gasteiger partial charge in [0, 0.05) is 11.3 Å². The normalized spacial score (nSPS) is 10.1. The number of pyridine rings is 1. The fraction of sp³-hybridized carbons (Fsp3) is 0.333. The number of rotatable bonds is 3. The fourth-order valence-electron chi connectivity index (χ4n) is 1.05. The molecule has 0 N–H and O–H groups in total. The van der Waals surface area contributed by atoms with Gasteiger partial charge in [0.15, 0.2) is 0 Å². The van der Waals surface area contributed by atoms with Crippen LogP contribution in [0.1, 0.15) is 29.4 Å². The number of aryl methyl sites for hydroxylation is 1. The summed E-state index contributed by atoms with van der Waals surface area (Å²) >= 11 is 11.0. The Morgan fingerprint density at radius 1 is 1.54 bits per heavy atom. The quantitative estimate of drug-likeness (QED) is 0.576. The molecule has 0 unspecified atom stereocenters. The zero-order chi connectivity index (χ0) is 9.84. The lowest BCUT2D eigenvalue weighted by molar-refractivity contribution is 0.108. The average molecular weight is 218 g/mol. The zero-order valence-electron chi connectivity index (χ0n) is 7.18. The predicted molar refractivity (Wildman–Crippen MR) is 53.4 cm³/mol. The number of nitrogens with zero attached hydrogens (tertiary/aromatic N) is 1. The van der Waals surface area contributed by atoms with Crippen LogP contribution in [-0.2, 0) is 6.42 Å². The summed E-state index contributed by atoms with van der Waals surface area (Å²) in [5.74, 6) is 0. The topological polar surface area (TPSA) is 30.0 Å². The molecule has 13 heavy (non-hydrogen) atoms. The molecule has 2 nitrogen and oxygen atoms in total. The lowest BCUT2D eigenvalue weighted by Crippen LogP contribution is -1.95. The van der Waals surface area contributed by atoms with Crippen LogP contribution < -0.4 is 0 Å². The fourth-order valence-corrected chi connectivity index (χ4v) is 1.38. The molecule has 0 saturated heterocycles. The Morgan fingerprint density at radius 3 is 2.77 bits per heavy atom. The van der Waals surface area contributed by atoms with Crippen LogP contribution in [0.3, 0.4) is 0 Å². The molecule has 1 rings (SSSR count). The molecule has 1 aromatic heterocycles. The van der Waals surface area contributed by atoms with E-state index in [9.17, 15) is 4.79 Å². The van der Waals surface area contributed by atoms with Gasteiger partial charge in [-0.2, -0.15) is 0 Å². The molecule has 0 atom stereocenters. The SMILES string of the molecule is CCCc1cc(C(=O)Cl)cc(Cl)n1. The van der Waals surface area contributed by atoms with E-state index in [2.05, 4.69) is 4.98 Å². The lowest BCUT2D eigenvalue weighted by atomic mass is 10.2. The number of carbonyl (C=O) groups excluding carboxylic acids is 1. The van der Waals surface area contributed by atoms with Gasteiger partial charge >= 0.3 is 0 Å². The highest BCUT2D eigenvalue weighted by atomic mass is 35.5. The first kappa shape index (κ1) is 10.5. The van der Waals surface area contributed by atoms with Crippen molar-refractivity contribution in [3.05, 3.63) is 28.5 Å². The number of hydrogen-bond acceptors (Lipinski definition) is 2. The summed E-state index contributed by atoms with van der Waals surface area (Å²) in [6.45, 7) is 2.03. The van der Waals surface area contributed by atoms with Crippen molar-refractivity contribution in [3.63, 3.8) is 0 Å². The minimum atomic E-state index is -0.498. The van der Waals surface area contributed by atoms with Crippen LogP contribution in [0.4, 0.5) is 0 Å². The first-order chi connectivity index (χ1) is 6.13. The first-order valence-corrected chi connectivity index (χ1v) is 4.75. The summed E-state index contributed by atoms with van der Waals surface area (Å²) < 4.78 is 0. The average Bonchev–Trinajstić information content (AvgIpc) is 2.03. The third-order valence-electron chi connectivity index (χ3n) is 1.58. The second kappa shape index (κ2) is 4.58. The summed E-state index contributed by atoms with van der Waals surface area (Å²) in [6.07, 6.45) is 1.76. The Balaban J connectivity index is 3.03. The van der Waals surface area contributed by atoms with Crippen LogP contribution in [0, 0.1) is 0 Å². The molecule has 0 aliphatic rings. The molecular weight excluding hydrogens is 209 g/mol. The summed E-state index contributed by atoms with van der Waals surface area (Å²) in [5.41, 5.74) is 1.21. The Bertz CT molecular complexity index is 325. The summed E-state index contributed by atoms with van der Waals surface area (Å²) in [4.78, 5) is 14.9. The van der Waals surface area contributed by atoms with E-state index in [1.165, 1.54) is 6.07 Å². The van der Waals surface area contributed by atoms with E-state index in [4.69, 9.17) is 23.2 Å². The van der Waals surface area contributed by atoms with E-state index in [0.29, 0.717) is 10.7 Å². The number of aromatic nitrogens is 1. The molecule has 0 fully saturated rings. The van der Waals surface area contributed by atoms with Gasteiger partial charge in [-0.3, -0.25) is 4.79 Å². The second-order valence-electron chi connectivity index (χ2n) is 2.69. The molecule has 0 aromatic carbocycles. The van der Waals surface area contributed by atoms with Crippen molar-refractivity contribution < 1.29 is 4.79 Å². The van der Waals surface area contributed by atoms with Crippen LogP contribution in [-0.4, -0.2) is 10.2 Å². The van der Waals surface area contributed by atoms with E-state index in [1.54, 1.807) is 6.07 Å². The standard InChI is InChI=1S/C9H9Cl2NO/c1-2-3-7-4-6(9(11)13)5-8(10)12-7/h4-5H,2-3H2,1H3. The van der Waals surface area contributed by atoms with Crippen molar-refractivity contribution in [2.45, 2.75) is 19.8 Å². The summed E-state index contributed by atoms with van der Waals surface area (Å²) in [6, 6.07) is 3.14. The summed E-state index contributed by atoms with van der Waals surface area (Å²) in [7, 11) is 0. The molecule has 0 bridgehead atoms. The van der Waals surface area contributed by atoms with Crippen LogP contribution >= 0.6 is 23.2 Å². The van der Waals surface area contributed by atoms with Crippen LogP contribution in [0.25, 0.3) is 0 Å². The lowest BCUT2D eigenvalue weighted by Gasteiger charge is -2.00. The molecule has 70 valence electrons. The van der Waals surface area contributed by atoms with Gasteiger partial charge in [0.05, 0.1) is 0 Å². The molecular formula is C9H9Cl2NO. The predicted octanol–water partition coefficient (Wildman–Crippen LogP) is 3.07. The molecule has 4 heteroatoms. The smallest absolute Gasteiger partial charge is 0.252 e. The number of carbonyl (C=O) groups is 1. The molecule has 0 radical (unpaired) electrons. The van der Waals surface area contributed by atoms with Gasteiger partial charge in [-0.15, -0.1) is 0 Å². The van der Waals surface area contributed by atoms with Gasteiger partial charge in [-0.1, -0.05) is 24.9 Å². The first-order valence-electron chi connectivity index (χ1n) is 3.99. The minimum Gasteiger partial charge on any atom is -0.276 e. The molecule has 1 heterocycles. The maximum Gasteiger partial charge on any atom is 0.252 e. The Morgan fingerprint density at radius 2 is 2.23 bits per heavy atom. The zero-order valence-corrected chi connectivity index (χ0v) is 8.69. The minimum absolute atomic E-state index is 0.315. The summed E-state index contributed by atoms with van der Waals surface area (Å²) in [5, 5.41) is -0.184. The van der Waals surface area contributed by atoms with E-state index >= 15 is 0 Å². The monoisotopic (exact) mass is 217 g/mol. The van der Waals surface area contributed by atoms with Crippen molar-refractivity contribution in [2.75, 3.05) is 0 Å². The van der Waals surface area contributed by atoms with E-state index in [0.717, 1.165) is 18.5 Å². The highest BCUT2D eigenvalue weighted by Gasteiger charge is 2.05. The van der Waals surface area contributed by atoms with Gasteiger partial charge in [0.1, 0.15) is 5.15 Å². The van der Waals surface area contributed by atoms with Gasteiger partial charge in [-0.05, 0) is 30.2 Å². The molecule has 0 spiro atoms. The van der Waals surface area contributed by atoms with Gasteiger partial charge < -0.3 is 0 Å². The van der Waals surface area contributed by atoms with Crippen molar-refractivity contribution >= 4 is 28.4 Å². The van der Waals surface area contributed by atoms with Gasteiger partial charge in [0.2, 0.25) is 0 Å². The van der Waals surface area contributed by atoms with Crippen molar-refractivity contribution in [1.29, 1.82) is 0 Å². The Kier molecular flexibility index (Phi) is 3.70. The largest absolute Gasteiger partial charge is 0.276 e. The van der Waals surface area contributed by atoms with Crippen molar-refractivity contribution in [2.24, 2.45) is 0 Å². The number of halogens is 2. The van der Waals surface area contributed by atoms with Crippen molar-refractivity contribution in [1.82, 2.24) is 4.98 Å². The highest BCUT2D eigenvalue weighted by Crippen LogP contribution is 2.13. The van der Waals surface area contributed by atoms with Crippen LogP contribution in [0.15, 0.2) is 12.1 Å². The Labute approximate surface area is 86.9 Å². The second-order valence-corrected chi connectivity index (χ2v) is 3.42. The van der Waals surface area contributed by atoms with E-state index in [-0.39, 0.29) is 0 Å². The molecule has 0 aliphatic carbocycles. The molecule has 1 aromatic rings. The van der Waals surface area contributed by atoms with E-state index in [1.807, 2.05) is 6.92 Å². The van der Waals surface area contributed by atoms with Gasteiger partial charge in [-0.25, -0.2) is 4.98 Å².